The topological polar surface area (TPSA) is 77.8 Å². The molecule has 8 heteroatoms. The highest BCUT2D eigenvalue weighted by Gasteiger charge is 2.13. The Morgan fingerprint density at radius 2 is 1.85 bits per heavy atom. The highest BCUT2D eigenvalue weighted by Crippen LogP contribution is 2.27. The summed E-state index contributed by atoms with van der Waals surface area (Å²) in [7, 11) is 0. The lowest BCUT2D eigenvalue weighted by Gasteiger charge is -1.97. The van der Waals surface area contributed by atoms with E-state index in [9.17, 15) is 0 Å². The Hall–Kier alpha value is -2.45. The minimum Gasteiger partial charge on any atom is -0.411 e. The molecule has 0 unspecified atom stereocenters. The number of aryl methyl sites for hydroxylation is 1. The van der Waals surface area contributed by atoms with Gasteiger partial charge in [-0.3, -0.25) is 0 Å². The minimum atomic E-state index is 0.457. The van der Waals surface area contributed by atoms with E-state index in [-0.39, 0.29) is 0 Å². The van der Waals surface area contributed by atoms with E-state index in [0.29, 0.717) is 28.6 Å². The highest BCUT2D eigenvalue weighted by atomic mass is 79.9. The van der Waals surface area contributed by atoms with Gasteiger partial charge in [-0.1, -0.05) is 57.1 Å². The second kappa shape index (κ2) is 7.43. The van der Waals surface area contributed by atoms with Crippen LogP contribution >= 0.6 is 27.7 Å². The molecule has 6 nitrogen and oxygen atoms in total. The first-order valence-corrected chi connectivity index (χ1v) is 9.58. The maximum atomic E-state index is 5.68. The number of halogens is 1. The SMILES string of the molecule is Cc1ccccc1-c1noc(CSc2nnc(-c3ccc(Br)cc3)o2)n1. The molecule has 0 atom stereocenters. The van der Waals surface area contributed by atoms with Crippen molar-refractivity contribution in [3.05, 3.63) is 64.5 Å². The third kappa shape index (κ3) is 3.71. The number of benzene rings is 2. The van der Waals surface area contributed by atoms with Crippen LogP contribution in [-0.4, -0.2) is 20.3 Å². The first-order chi connectivity index (χ1) is 12.7. The number of aromatic nitrogens is 4. The van der Waals surface area contributed by atoms with Gasteiger partial charge in [0.05, 0.1) is 5.75 Å². The molecule has 0 aliphatic carbocycles. The van der Waals surface area contributed by atoms with Crippen LogP contribution in [0.4, 0.5) is 0 Å². The van der Waals surface area contributed by atoms with E-state index in [1.54, 1.807) is 0 Å². The Bertz CT molecular complexity index is 1030. The highest BCUT2D eigenvalue weighted by molar-refractivity contribution is 9.10. The van der Waals surface area contributed by atoms with E-state index < -0.39 is 0 Å². The second-order valence-electron chi connectivity index (χ2n) is 5.50. The van der Waals surface area contributed by atoms with Crippen molar-refractivity contribution in [3.63, 3.8) is 0 Å². The summed E-state index contributed by atoms with van der Waals surface area (Å²) in [6.07, 6.45) is 0. The van der Waals surface area contributed by atoms with Crippen LogP contribution in [-0.2, 0) is 5.75 Å². The van der Waals surface area contributed by atoms with E-state index in [0.717, 1.165) is 21.2 Å². The van der Waals surface area contributed by atoms with Crippen molar-refractivity contribution in [3.8, 4) is 22.8 Å². The predicted octanol–water partition coefficient (Wildman–Crippen LogP) is 5.15. The van der Waals surface area contributed by atoms with Gasteiger partial charge in [0.2, 0.25) is 17.6 Å². The van der Waals surface area contributed by atoms with Crippen molar-refractivity contribution in [1.29, 1.82) is 0 Å². The summed E-state index contributed by atoms with van der Waals surface area (Å²) in [5.41, 5.74) is 2.93. The molecule has 130 valence electrons. The first kappa shape index (κ1) is 17.0. The molecule has 26 heavy (non-hydrogen) atoms. The molecule has 0 spiro atoms. The summed E-state index contributed by atoms with van der Waals surface area (Å²) in [6.45, 7) is 2.02. The van der Waals surface area contributed by atoms with Gasteiger partial charge >= 0.3 is 0 Å². The summed E-state index contributed by atoms with van der Waals surface area (Å²) < 4.78 is 12.0. The third-order valence-electron chi connectivity index (χ3n) is 3.67. The van der Waals surface area contributed by atoms with Crippen LogP contribution in [0.25, 0.3) is 22.8 Å². The van der Waals surface area contributed by atoms with Gasteiger partial charge in [-0.15, -0.1) is 10.2 Å². The molecule has 4 rings (SSSR count). The summed E-state index contributed by atoms with van der Waals surface area (Å²) in [6, 6.07) is 15.6. The van der Waals surface area contributed by atoms with Crippen molar-refractivity contribution in [2.75, 3.05) is 0 Å². The number of nitrogens with zero attached hydrogens (tertiary/aromatic N) is 4. The van der Waals surface area contributed by atoms with Crippen molar-refractivity contribution in [2.45, 2.75) is 17.9 Å². The number of thioether (sulfide) groups is 1. The van der Waals surface area contributed by atoms with Crippen LogP contribution < -0.4 is 0 Å². The molecule has 0 saturated heterocycles. The molecule has 0 aliphatic heterocycles. The Morgan fingerprint density at radius 3 is 2.65 bits per heavy atom. The molecule has 2 aromatic carbocycles. The molecular weight excluding hydrogens is 416 g/mol. The molecular formula is C18H13BrN4O2S. The van der Waals surface area contributed by atoms with Crippen molar-refractivity contribution in [2.24, 2.45) is 0 Å². The van der Waals surface area contributed by atoms with Crippen LogP contribution in [0.15, 0.2) is 67.2 Å². The number of rotatable bonds is 5. The summed E-state index contributed by atoms with van der Waals surface area (Å²) in [4.78, 5) is 4.44. The summed E-state index contributed by atoms with van der Waals surface area (Å²) in [5, 5.41) is 12.6. The molecule has 0 radical (unpaired) electrons. The van der Waals surface area contributed by atoms with Gasteiger partial charge < -0.3 is 8.94 Å². The van der Waals surface area contributed by atoms with Gasteiger partial charge in [-0.25, -0.2) is 0 Å². The Kier molecular flexibility index (Phi) is 4.85. The molecule has 0 aliphatic rings. The molecule has 4 aromatic rings. The monoisotopic (exact) mass is 428 g/mol. The Labute approximate surface area is 162 Å². The van der Waals surface area contributed by atoms with Gasteiger partial charge in [0, 0.05) is 15.6 Å². The average molecular weight is 429 g/mol. The lowest BCUT2D eigenvalue weighted by molar-refractivity contribution is 0.391. The molecule has 0 fully saturated rings. The quantitative estimate of drug-likeness (QED) is 0.406. The van der Waals surface area contributed by atoms with Crippen LogP contribution in [0.5, 0.6) is 0 Å². The van der Waals surface area contributed by atoms with Crippen LogP contribution in [0.2, 0.25) is 0 Å². The van der Waals surface area contributed by atoms with Crippen molar-refractivity contribution < 1.29 is 8.94 Å². The minimum absolute atomic E-state index is 0.457. The van der Waals surface area contributed by atoms with E-state index in [4.69, 9.17) is 8.94 Å². The van der Waals surface area contributed by atoms with Crippen LogP contribution in [0, 0.1) is 6.92 Å². The van der Waals surface area contributed by atoms with E-state index in [1.807, 2.05) is 55.5 Å². The smallest absolute Gasteiger partial charge is 0.277 e. The molecule has 0 amide bonds. The lowest BCUT2D eigenvalue weighted by atomic mass is 10.1. The van der Waals surface area contributed by atoms with Gasteiger partial charge in [0.25, 0.3) is 5.22 Å². The normalized spacial score (nSPS) is 11.0. The Balaban J connectivity index is 1.44. The predicted molar refractivity (Wildman–Crippen MR) is 101 cm³/mol. The number of hydrogen-bond donors (Lipinski definition) is 0. The number of hydrogen-bond acceptors (Lipinski definition) is 7. The second-order valence-corrected chi connectivity index (χ2v) is 7.34. The summed E-state index contributed by atoms with van der Waals surface area (Å²) in [5.74, 6) is 2.03. The zero-order valence-corrected chi connectivity index (χ0v) is 16.1. The maximum Gasteiger partial charge on any atom is 0.277 e. The summed E-state index contributed by atoms with van der Waals surface area (Å²) >= 11 is 4.76. The zero-order valence-electron chi connectivity index (χ0n) is 13.7. The fraction of sp³-hybridized carbons (Fsp3) is 0.111. The largest absolute Gasteiger partial charge is 0.411 e. The maximum absolute atomic E-state index is 5.68. The third-order valence-corrected chi connectivity index (χ3v) is 5.00. The fourth-order valence-electron chi connectivity index (χ4n) is 2.35. The van der Waals surface area contributed by atoms with Crippen molar-refractivity contribution in [1.82, 2.24) is 20.3 Å². The van der Waals surface area contributed by atoms with Gasteiger partial charge in [-0.05, 0) is 36.8 Å². The lowest BCUT2D eigenvalue weighted by Crippen LogP contribution is -1.85. The fourth-order valence-corrected chi connectivity index (χ4v) is 3.21. The van der Waals surface area contributed by atoms with Crippen LogP contribution in [0.3, 0.4) is 0 Å². The first-order valence-electron chi connectivity index (χ1n) is 7.80. The van der Waals surface area contributed by atoms with Crippen molar-refractivity contribution >= 4 is 27.7 Å². The van der Waals surface area contributed by atoms with Gasteiger partial charge in [-0.2, -0.15) is 4.98 Å². The molecule has 0 N–H and O–H groups in total. The standard InChI is InChI=1S/C18H13BrN4O2S/c1-11-4-2-3-5-14(11)16-20-15(25-23-16)10-26-18-22-21-17(24-18)12-6-8-13(19)9-7-12/h2-9H,10H2,1H3. The van der Waals surface area contributed by atoms with Gasteiger partial charge in [0.15, 0.2) is 0 Å². The average Bonchev–Trinajstić information content (AvgIpc) is 3.30. The molecule has 0 bridgehead atoms. The van der Waals surface area contributed by atoms with Crippen LogP contribution in [0.1, 0.15) is 11.5 Å². The molecule has 2 heterocycles. The van der Waals surface area contributed by atoms with E-state index >= 15 is 0 Å². The zero-order chi connectivity index (χ0) is 17.9. The Morgan fingerprint density at radius 1 is 1.04 bits per heavy atom. The molecule has 2 aromatic heterocycles. The molecule has 0 saturated carbocycles. The van der Waals surface area contributed by atoms with Gasteiger partial charge in [0.1, 0.15) is 0 Å². The van der Waals surface area contributed by atoms with E-state index in [1.165, 1.54) is 11.8 Å². The van der Waals surface area contributed by atoms with E-state index in [2.05, 4.69) is 36.3 Å².